The number of benzene rings is 1. The monoisotopic (exact) mass is 224 g/mol. The first-order valence-corrected chi connectivity index (χ1v) is 5.37. The van der Waals surface area contributed by atoms with Gasteiger partial charge in [-0.3, -0.25) is 0 Å². The molecule has 0 amide bonds. The second kappa shape index (κ2) is 4.31. The van der Waals surface area contributed by atoms with Crippen molar-refractivity contribution in [3.63, 3.8) is 0 Å². The maximum atomic E-state index is 6.31. The normalized spacial score (nSPS) is 16.6. The van der Waals surface area contributed by atoms with Crippen molar-refractivity contribution in [2.24, 2.45) is 10.2 Å². The summed E-state index contributed by atoms with van der Waals surface area (Å²) in [5, 5.41) is 8.39. The van der Waals surface area contributed by atoms with Gasteiger partial charge in [0.1, 0.15) is 0 Å². The van der Waals surface area contributed by atoms with Gasteiger partial charge in [0.2, 0.25) is 0 Å². The molecule has 1 unspecified atom stereocenters. The van der Waals surface area contributed by atoms with Crippen molar-refractivity contribution in [2.45, 2.75) is 38.2 Å². The SMILES string of the molecule is CC(C)(C)N=NC(C)(Cl)c1ccccc1. The Hall–Kier alpha value is -0.890. The van der Waals surface area contributed by atoms with Crippen LogP contribution >= 0.6 is 11.6 Å². The standard InChI is InChI=1S/C12H17ClN2/c1-11(2,3)14-15-12(4,13)10-8-6-5-7-9-10/h5-9H,1-4H3. The van der Waals surface area contributed by atoms with Gasteiger partial charge in [-0.25, -0.2) is 0 Å². The van der Waals surface area contributed by atoms with Crippen LogP contribution in [0.2, 0.25) is 0 Å². The van der Waals surface area contributed by atoms with E-state index in [1.165, 1.54) is 0 Å². The van der Waals surface area contributed by atoms with Gasteiger partial charge in [-0.15, -0.1) is 0 Å². The Morgan fingerprint density at radius 2 is 1.47 bits per heavy atom. The van der Waals surface area contributed by atoms with E-state index in [0.29, 0.717) is 0 Å². The topological polar surface area (TPSA) is 24.7 Å². The lowest BCUT2D eigenvalue weighted by molar-refractivity contribution is 0.505. The highest BCUT2D eigenvalue weighted by Crippen LogP contribution is 2.31. The van der Waals surface area contributed by atoms with Crippen LogP contribution in [0.3, 0.4) is 0 Å². The zero-order valence-corrected chi connectivity index (χ0v) is 10.4. The fraction of sp³-hybridized carbons (Fsp3) is 0.500. The molecule has 0 aromatic heterocycles. The van der Waals surface area contributed by atoms with Gasteiger partial charge in [-0.2, -0.15) is 10.2 Å². The van der Waals surface area contributed by atoms with Gasteiger partial charge in [0.15, 0.2) is 5.00 Å². The molecule has 0 aliphatic rings. The lowest BCUT2D eigenvalue weighted by Gasteiger charge is -2.18. The predicted molar refractivity (Wildman–Crippen MR) is 64.3 cm³/mol. The Bertz CT molecular complexity index is 336. The molecule has 15 heavy (non-hydrogen) atoms. The lowest BCUT2D eigenvalue weighted by Crippen LogP contribution is -2.14. The van der Waals surface area contributed by atoms with Gasteiger partial charge in [-0.1, -0.05) is 41.9 Å². The molecule has 2 nitrogen and oxygen atoms in total. The first kappa shape index (κ1) is 12.2. The quantitative estimate of drug-likeness (QED) is 0.405. The minimum absolute atomic E-state index is 0.190. The fourth-order valence-electron chi connectivity index (χ4n) is 1.04. The van der Waals surface area contributed by atoms with E-state index in [-0.39, 0.29) is 5.54 Å². The van der Waals surface area contributed by atoms with Crippen molar-refractivity contribution < 1.29 is 0 Å². The van der Waals surface area contributed by atoms with Crippen molar-refractivity contribution in [2.75, 3.05) is 0 Å². The molecule has 0 N–H and O–H groups in total. The van der Waals surface area contributed by atoms with Crippen molar-refractivity contribution in [3.8, 4) is 0 Å². The average molecular weight is 225 g/mol. The zero-order chi connectivity index (χ0) is 11.5. The summed E-state index contributed by atoms with van der Waals surface area (Å²) < 4.78 is 0. The third-order valence-corrected chi connectivity index (χ3v) is 2.13. The van der Waals surface area contributed by atoms with Crippen LogP contribution in [0.1, 0.15) is 33.3 Å². The third kappa shape index (κ3) is 4.00. The number of halogens is 1. The number of nitrogens with zero attached hydrogens (tertiary/aromatic N) is 2. The highest BCUT2D eigenvalue weighted by atomic mass is 35.5. The molecular weight excluding hydrogens is 208 g/mol. The average Bonchev–Trinajstić information content (AvgIpc) is 2.16. The number of hydrogen-bond acceptors (Lipinski definition) is 2. The first-order chi connectivity index (χ1) is 6.81. The third-order valence-electron chi connectivity index (χ3n) is 1.84. The summed E-state index contributed by atoms with van der Waals surface area (Å²) in [7, 11) is 0. The predicted octanol–water partition coefficient (Wildman–Crippen LogP) is 4.35. The Balaban J connectivity index is 2.90. The molecule has 0 spiro atoms. The summed E-state index contributed by atoms with van der Waals surface area (Å²) in [4.78, 5) is -0.769. The largest absolute Gasteiger partial charge is 0.186 e. The minimum Gasteiger partial charge on any atom is -0.186 e. The molecule has 1 aromatic carbocycles. The summed E-state index contributed by atoms with van der Waals surface area (Å²) in [5.74, 6) is 0. The van der Waals surface area contributed by atoms with Gasteiger partial charge < -0.3 is 0 Å². The molecule has 0 aliphatic heterocycles. The summed E-state index contributed by atoms with van der Waals surface area (Å²) in [6, 6.07) is 9.76. The van der Waals surface area contributed by atoms with E-state index < -0.39 is 5.00 Å². The lowest BCUT2D eigenvalue weighted by atomic mass is 10.1. The maximum absolute atomic E-state index is 6.31. The molecule has 0 radical (unpaired) electrons. The molecule has 0 fully saturated rings. The van der Waals surface area contributed by atoms with Gasteiger partial charge in [0.25, 0.3) is 0 Å². The minimum atomic E-state index is -0.769. The molecular formula is C12H17ClN2. The zero-order valence-electron chi connectivity index (χ0n) is 9.66. The van der Waals surface area contributed by atoms with Crippen molar-refractivity contribution in [3.05, 3.63) is 35.9 Å². The number of alkyl halides is 1. The van der Waals surface area contributed by atoms with Crippen LogP contribution in [0.25, 0.3) is 0 Å². The first-order valence-electron chi connectivity index (χ1n) is 5.00. The molecule has 0 aliphatic carbocycles. The Morgan fingerprint density at radius 1 is 0.933 bits per heavy atom. The molecule has 0 saturated heterocycles. The maximum Gasteiger partial charge on any atom is 0.176 e. The number of hydrogen-bond donors (Lipinski definition) is 0. The molecule has 0 bridgehead atoms. The fourth-order valence-corrected chi connectivity index (χ4v) is 1.21. The van der Waals surface area contributed by atoms with Crippen LogP contribution < -0.4 is 0 Å². The smallest absolute Gasteiger partial charge is 0.176 e. The summed E-state index contributed by atoms with van der Waals surface area (Å²) in [6.45, 7) is 7.83. The van der Waals surface area contributed by atoms with E-state index >= 15 is 0 Å². The second-order valence-corrected chi connectivity index (χ2v) is 5.43. The molecule has 0 saturated carbocycles. The van der Waals surface area contributed by atoms with Crippen LogP contribution in [-0.4, -0.2) is 5.54 Å². The summed E-state index contributed by atoms with van der Waals surface area (Å²) in [6.07, 6.45) is 0. The van der Waals surface area contributed by atoms with Gasteiger partial charge in [0.05, 0.1) is 5.54 Å². The van der Waals surface area contributed by atoms with E-state index in [2.05, 4.69) is 10.2 Å². The highest BCUT2D eigenvalue weighted by Gasteiger charge is 2.23. The van der Waals surface area contributed by atoms with Crippen LogP contribution in [-0.2, 0) is 5.00 Å². The second-order valence-electron chi connectivity index (χ2n) is 4.69. The van der Waals surface area contributed by atoms with Gasteiger partial charge >= 0.3 is 0 Å². The van der Waals surface area contributed by atoms with Crippen LogP contribution in [0, 0.1) is 0 Å². The Kier molecular flexibility index (Phi) is 3.50. The summed E-state index contributed by atoms with van der Waals surface area (Å²) >= 11 is 6.31. The van der Waals surface area contributed by atoms with Crippen LogP contribution in [0.15, 0.2) is 40.6 Å². The molecule has 1 atom stereocenters. The van der Waals surface area contributed by atoms with Gasteiger partial charge in [0, 0.05) is 0 Å². The molecule has 1 aromatic rings. The van der Waals surface area contributed by atoms with E-state index in [1.54, 1.807) is 0 Å². The van der Waals surface area contributed by atoms with E-state index in [1.807, 2.05) is 58.0 Å². The molecule has 0 heterocycles. The van der Waals surface area contributed by atoms with E-state index in [4.69, 9.17) is 11.6 Å². The van der Waals surface area contributed by atoms with Crippen molar-refractivity contribution in [1.29, 1.82) is 0 Å². The van der Waals surface area contributed by atoms with Crippen molar-refractivity contribution >= 4 is 11.6 Å². The van der Waals surface area contributed by atoms with Crippen LogP contribution in [0.4, 0.5) is 0 Å². The number of rotatable bonds is 2. The Morgan fingerprint density at radius 3 is 1.93 bits per heavy atom. The van der Waals surface area contributed by atoms with E-state index in [0.717, 1.165) is 5.56 Å². The van der Waals surface area contributed by atoms with Crippen molar-refractivity contribution in [1.82, 2.24) is 0 Å². The molecule has 3 heteroatoms. The summed E-state index contributed by atoms with van der Waals surface area (Å²) in [5.41, 5.74) is 0.768. The molecule has 82 valence electrons. The van der Waals surface area contributed by atoms with Crippen LogP contribution in [0.5, 0.6) is 0 Å². The van der Waals surface area contributed by atoms with Gasteiger partial charge in [-0.05, 0) is 33.3 Å². The number of azo groups is 1. The highest BCUT2D eigenvalue weighted by molar-refractivity contribution is 6.23. The molecule has 1 rings (SSSR count). The Labute approximate surface area is 96.4 Å². The van der Waals surface area contributed by atoms with E-state index in [9.17, 15) is 0 Å².